The second-order valence-corrected chi connectivity index (χ2v) is 10.9. The fraction of sp³-hybridized carbons (Fsp3) is 0.833. The molecule has 5 fully saturated rings. The molecule has 0 radical (unpaired) electrons. The Hall–Kier alpha value is -1.20. The molecule has 6 rings (SSSR count). The molecule has 0 unspecified atom stereocenters. The van der Waals surface area contributed by atoms with Crippen molar-refractivity contribution in [2.24, 2.45) is 28.6 Å². The van der Waals surface area contributed by atoms with E-state index in [2.05, 4.69) is 26.8 Å². The van der Waals surface area contributed by atoms with E-state index in [1.165, 1.54) is 12.5 Å². The largest absolute Gasteiger partial charge is 0.462 e. The first-order valence-electron chi connectivity index (χ1n) is 11.4. The van der Waals surface area contributed by atoms with Crippen LogP contribution in [-0.4, -0.2) is 29.6 Å². The van der Waals surface area contributed by atoms with E-state index >= 15 is 0 Å². The molecular weight excluding hydrogens is 368 g/mol. The molecule has 0 aromatic heterocycles. The van der Waals surface area contributed by atoms with Crippen molar-refractivity contribution < 1.29 is 24.1 Å². The Balaban J connectivity index is 1.52. The van der Waals surface area contributed by atoms with E-state index in [0.29, 0.717) is 18.3 Å². The summed E-state index contributed by atoms with van der Waals surface area (Å²) in [5.74, 6) is 0.662. The minimum Gasteiger partial charge on any atom is -0.462 e. The summed E-state index contributed by atoms with van der Waals surface area (Å²) < 4.78 is 5.57. The van der Waals surface area contributed by atoms with Crippen LogP contribution in [0.1, 0.15) is 79.1 Å². The van der Waals surface area contributed by atoms with Crippen molar-refractivity contribution in [1.29, 1.82) is 0 Å². The van der Waals surface area contributed by atoms with E-state index < -0.39 is 5.60 Å². The molecule has 2 spiro atoms. The fourth-order valence-electron chi connectivity index (χ4n) is 8.29. The number of hydrogen-bond donors (Lipinski definition) is 0. The van der Waals surface area contributed by atoms with E-state index in [1.807, 2.05) is 0 Å². The van der Waals surface area contributed by atoms with Crippen molar-refractivity contribution in [1.82, 2.24) is 0 Å². The first-order valence-corrected chi connectivity index (χ1v) is 11.4. The minimum atomic E-state index is -0.402. The van der Waals surface area contributed by atoms with Crippen LogP contribution in [0.4, 0.5) is 0 Å². The van der Waals surface area contributed by atoms with Crippen LogP contribution in [0.2, 0.25) is 0 Å². The molecule has 0 amide bonds. The Morgan fingerprint density at radius 2 is 2.00 bits per heavy atom. The van der Waals surface area contributed by atoms with E-state index in [9.17, 15) is 9.59 Å². The topological polar surface area (TPSA) is 61.8 Å². The molecule has 2 heterocycles. The van der Waals surface area contributed by atoms with Gasteiger partial charge in [-0.1, -0.05) is 26.8 Å². The summed E-state index contributed by atoms with van der Waals surface area (Å²) in [6, 6.07) is 0. The van der Waals surface area contributed by atoms with Gasteiger partial charge < -0.3 is 9.53 Å². The molecule has 0 aromatic rings. The van der Waals surface area contributed by atoms with Crippen LogP contribution in [0.25, 0.3) is 0 Å². The molecule has 0 N–H and O–H groups in total. The van der Waals surface area contributed by atoms with Crippen LogP contribution < -0.4 is 0 Å². The van der Waals surface area contributed by atoms with Crippen molar-refractivity contribution >= 4 is 12.3 Å². The number of esters is 1. The van der Waals surface area contributed by atoms with Gasteiger partial charge in [-0.25, -0.2) is 9.78 Å². The maximum atomic E-state index is 11.6. The summed E-state index contributed by atoms with van der Waals surface area (Å²) in [7, 11) is 0. The van der Waals surface area contributed by atoms with Crippen molar-refractivity contribution in [3.8, 4) is 0 Å². The third-order valence-electron chi connectivity index (χ3n) is 9.73. The summed E-state index contributed by atoms with van der Waals surface area (Å²) >= 11 is 0. The van der Waals surface area contributed by atoms with Gasteiger partial charge in [-0.2, -0.15) is 0 Å². The van der Waals surface area contributed by atoms with Gasteiger partial charge in [-0.05, 0) is 61.9 Å². The maximum Gasteiger partial charge on any atom is 0.302 e. The summed E-state index contributed by atoms with van der Waals surface area (Å²) in [6.45, 7) is 8.28. The zero-order valence-electron chi connectivity index (χ0n) is 18.2. The molecule has 4 aliphatic carbocycles. The molecule has 0 aromatic carbocycles. The van der Waals surface area contributed by atoms with Gasteiger partial charge in [-0.15, -0.1) is 0 Å². The maximum absolute atomic E-state index is 11.6. The second kappa shape index (κ2) is 6.16. The highest BCUT2D eigenvalue weighted by atomic mass is 17.2. The lowest BCUT2D eigenvalue weighted by Gasteiger charge is -2.69. The summed E-state index contributed by atoms with van der Waals surface area (Å²) in [5.41, 5.74) is 0.687. The number of carbonyl (C=O) groups excluding carboxylic acids is 2. The first kappa shape index (κ1) is 19.7. The lowest BCUT2D eigenvalue weighted by atomic mass is 9.44. The van der Waals surface area contributed by atoms with E-state index in [0.717, 1.165) is 51.2 Å². The van der Waals surface area contributed by atoms with Gasteiger partial charge in [0.05, 0.1) is 0 Å². The normalized spacial score (nSPS) is 51.3. The third-order valence-corrected chi connectivity index (χ3v) is 9.73. The Labute approximate surface area is 173 Å². The molecule has 29 heavy (non-hydrogen) atoms. The first-order chi connectivity index (χ1) is 13.7. The van der Waals surface area contributed by atoms with Crippen LogP contribution in [0.3, 0.4) is 0 Å². The molecule has 6 aliphatic rings. The fourth-order valence-corrected chi connectivity index (χ4v) is 8.29. The molecule has 5 nitrogen and oxygen atoms in total. The molecule has 2 aliphatic heterocycles. The predicted octanol–water partition coefficient (Wildman–Crippen LogP) is 4.54. The Bertz CT molecular complexity index is 763. The van der Waals surface area contributed by atoms with Gasteiger partial charge in [0.1, 0.15) is 23.6 Å². The van der Waals surface area contributed by atoms with Gasteiger partial charge in [0.15, 0.2) is 0 Å². The lowest BCUT2D eigenvalue weighted by molar-refractivity contribution is -0.494. The summed E-state index contributed by atoms with van der Waals surface area (Å²) in [5, 5.41) is 0. The highest BCUT2D eigenvalue weighted by Crippen LogP contribution is 2.73. The molecule has 2 saturated heterocycles. The molecule has 5 heteroatoms. The van der Waals surface area contributed by atoms with Crippen LogP contribution in [-0.2, 0) is 24.1 Å². The average molecular weight is 403 g/mol. The van der Waals surface area contributed by atoms with Crippen LogP contribution in [0.5, 0.6) is 0 Å². The second-order valence-electron chi connectivity index (χ2n) is 10.9. The zero-order valence-corrected chi connectivity index (χ0v) is 18.2. The van der Waals surface area contributed by atoms with E-state index in [-0.39, 0.29) is 34.4 Å². The summed E-state index contributed by atoms with van der Waals surface area (Å²) in [4.78, 5) is 35.8. The SMILES string of the molecule is CC(=O)O[C@@H]1CC[C@]2(C)C3=CC[C@]4(C)[C@@H]([C@H](C)C=O)CC[C@@H]4[C@@]34CC[C@]2(C1)OO4. The molecule has 2 bridgehead atoms. The van der Waals surface area contributed by atoms with Crippen LogP contribution in [0, 0.1) is 28.6 Å². The quantitative estimate of drug-likeness (QED) is 0.300. The van der Waals surface area contributed by atoms with Gasteiger partial charge in [-0.3, -0.25) is 4.79 Å². The minimum absolute atomic E-state index is 0.0736. The van der Waals surface area contributed by atoms with Crippen molar-refractivity contribution in [3.63, 3.8) is 0 Å². The third kappa shape index (κ3) is 2.35. The standard InChI is InChI=1S/C24H34O5/c1-15(14-25)18-5-6-19-21(18,3)9-8-20-22(4)10-7-17(27-16(2)26)13-23(22)11-12-24(19,20)29-28-23/h8,14-15,17-19H,5-7,9-13H2,1-4H3/t15-,17-,18-,19+,21-,22-,23-,24+/m1/s1. The number of fused-ring (bicyclic) bond motifs is 3. The van der Waals surface area contributed by atoms with Crippen molar-refractivity contribution in [2.75, 3.05) is 0 Å². The van der Waals surface area contributed by atoms with Crippen molar-refractivity contribution in [2.45, 2.75) is 96.4 Å². The van der Waals surface area contributed by atoms with Gasteiger partial charge in [0.25, 0.3) is 0 Å². The van der Waals surface area contributed by atoms with E-state index in [1.54, 1.807) is 0 Å². The van der Waals surface area contributed by atoms with Gasteiger partial charge in [0, 0.05) is 30.6 Å². The number of hydrogen-bond acceptors (Lipinski definition) is 5. The zero-order chi connectivity index (χ0) is 20.7. The van der Waals surface area contributed by atoms with Gasteiger partial charge >= 0.3 is 5.97 Å². The number of aldehydes is 1. The molecule has 8 atom stereocenters. The smallest absolute Gasteiger partial charge is 0.302 e. The van der Waals surface area contributed by atoms with Crippen LogP contribution in [0.15, 0.2) is 11.6 Å². The number of ether oxygens (including phenoxy) is 1. The predicted molar refractivity (Wildman–Crippen MR) is 107 cm³/mol. The lowest BCUT2D eigenvalue weighted by Crippen LogP contribution is -2.71. The Morgan fingerprint density at radius 1 is 1.21 bits per heavy atom. The Kier molecular flexibility index (Phi) is 4.20. The van der Waals surface area contributed by atoms with Crippen molar-refractivity contribution in [3.05, 3.63) is 11.6 Å². The van der Waals surface area contributed by atoms with Crippen LogP contribution >= 0.6 is 0 Å². The highest BCUT2D eigenvalue weighted by molar-refractivity contribution is 5.66. The highest BCUT2D eigenvalue weighted by Gasteiger charge is 2.73. The molecular formula is C24H34O5. The molecule has 160 valence electrons. The van der Waals surface area contributed by atoms with E-state index in [4.69, 9.17) is 14.5 Å². The number of allylic oxidation sites excluding steroid dienone is 1. The Morgan fingerprint density at radius 3 is 2.66 bits per heavy atom. The average Bonchev–Trinajstić information content (AvgIpc) is 3.05. The number of carbonyl (C=O) groups is 2. The summed E-state index contributed by atoms with van der Waals surface area (Å²) in [6.07, 6.45) is 11.1. The number of rotatable bonds is 3. The monoisotopic (exact) mass is 402 g/mol. The molecule has 3 saturated carbocycles. The van der Waals surface area contributed by atoms with Gasteiger partial charge in [0.2, 0.25) is 0 Å².